The Kier molecular flexibility index (Phi) is 4.21. The van der Waals surface area contributed by atoms with E-state index in [0.29, 0.717) is 6.04 Å². The molecule has 16 heavy (non-hydrogen) atoms. The molecule has 1 aliphatic heterocycles. The van der Waals surface area contributed by atoms with E-state index in [1.54, 1.807) is 7.11 Å². The third-order valence-corrected chi connectivity index (χ3v) is 3.49. The average Bonchev–Trinajstić information content (AvgIpc) is 2.79. The minimum absolute atomic E-state index is 0.612. The summed E-state index contributed by atoms with van der Waals surface area (Å²) in [6, 6.07) is 6.81. The molecular weight excluding hydrogens is 268 g/mol. The Morgan fingerprint density at radius 2 is 2.44 bits per heavy atom. The van der Waals surface area contributed by atoms with E-state index in [2.05, 4.69) is 38.7 Å². The van der Waals surface area contributed by atoms with Crippen LogP contribution in [0.15, 0.2) is 22.7 Å². The highest BCUT2D eigenvalue weighted by atomic mass is 79.9. The lowest BCUT2D eigenvalue weighted by molar-refractivity contribution is 0.412. The van der Waals surface area contributed by atoms with Crippen molar-refractivity contribution in [3.63, 3.8) is 0 Å². The molecule has 0 aliphatic carbocycles. The highest BCUT2D eigenvalue weighted by molar-refractivity contribution is 9.10. The fourth-order valence-electron chi connectivity index (χ4n) is 1.91. The summed E-state index contributed by atoms with van der Waals surface area (Å²) in [4.78, 5) is 0. The van der Waals surface area contributed by atoms with Gasteiger partial charge in [-0.05, 0) is 46.6 Å². The van der Waals surface area contributed by atoms with Gasteiger partial charge in [0.25, 0.3) is 0 Å². The zero-order chi connectivity index (χ0) is 11.4. The first-order chi connectivity index (χ1) is 7.79. The Balaban J connectivity index is 1.91. The molecule has 1 aromatic rings. The van der Waals surface area contributed by atoms with Crippen molar-refractivity contribution < 1.29 is 4.74 Å². The second-order valence-electron chi connectivity index (χ2n) is 4.04. The fraction of sp³-hybridized carbons (Fsp3) is 0.500. The zero-order valence-corrected chi connectivity index (χ0v) is 11.0. The first-order valence-electron chi connectivity index (χ1n) is 5.56. The summed E-state index contributed by atoms with van der Waals surface area (Å²) in [5.41, 5.74) is 1.28. The van der Waals surface area contributed by atoms with Gasteiger partial charge in [0.2, 0.25) is 0 Å². The van der Waals surface area contributed by atoms with E-state index >= 15 is 0 Å². The van der Waals surface area contributed by atoms with E-state index in [0.717, 1.165) is 29.9 Å². The Morgan fingerprint density at radius 3 is 3.06 bits per heavy atom. The van der Waals surface area contributed by atoms with Gasteiger partial charge in [-0.15, -0.1) is 0 Å². The third-order valence-electron chi connectivity index (χ3n) is 2.87. The van der Waals surface area contributed by atoms with Crippen molar-refractivity contribution in [2.75, 3.05) is 20.2 Å². The number of methoxy groups -OCH3 is 1. The molecule has 1 unspecified atom stereocenters. The van der Waals surface area contributed by atoms with Gasteiger partial charge in [-0.25, -0.2) is 0 Å². The van der Waals surface area contributed by atoms with Gasteiger partial charge in [-0.1, -0.05) is 6.07 Å². The number of ether oxygens (including phenoxy) is 1. The maximum absolute atomic E-state index is 5.20. The first kappa shape index (κ1) is 11.9. The summed E-state index contributed by atoms with van der Waals surface area (Å²) in [5.74, 6) is 0.881. The number of halogens is 1. The van der Waals surface area contributed by atoms with E-state index in [4.69, 9.17) is 4.74 Å². The van der Waals surface area contributed by atoms with Crippen molar-refractivity contribution in [3.05, 3.63) is 28.2 Å². The lowest BCUT2D eigenvalue weighted by Gasteiger charge is -2.12. The number of rotatable bonds is 4. The standard InChI is InChI=1S/C12H17BrN2O/c1-16-12-3-2-9(6-11(12)13)7-15-10-4-5-14-8-10/h2-3,6,10,14-15H,4-5,7-8H2,1H3. The summed E-state index contributed by atoms with van der Waals surface area (Å²) in [5, 5.41) is 6.88. The quantitative estimate of drug-likeness (QED) is 0.886. The smallest absolute Gasteiger partial charge is 0.133 e. The molecule has 3 nitrogen and oxygen atoms in total. The molecular formula is C12H17BrN2O. The second-order valence-corrected chi connectivity index (χ2v) is 4.89. The zero-order valence-electron chi connectivity index (χ0n) is 9.42. The molecule has 2 N–H and O–H groups in total. The summed E-state index contributed by atoms with van der Waals surface area (Å²) >= 11 is 3.50. The summed E-state index contributed by atoms with van der Waals surface area (Å²) in [6.07, 6.45) is 1.22. The molecule has 1 saturated heterocycles. The van der Waals surface area contributed by atoms with E-state index in [-0.39, 0.29) is 0 Å². The lowest BCUT2D eigenvalue weighted by Crippen LogP contribution is -2.30. The van der Waals surface area contributed by atoms with Gasteiger partial charge in [0.05, 0.1) is 11.6 Å². The van der Waals surface area contributed by atoms with Crippen LogP contribution in [-0.2, 0) is 6.54 Å². The SMILES string of the molecule is COc1ccc(CNC2CCNC2)cc1Br. The maximum Gasteiger partial charge on any atom is 0.133 e. The predicted octanol–water partition coefficient (Wildman–Crippen LogP) is 1.91. The molecule has 0 amide bonds. The van der Waals surface area contributed by atoms with Crippen molar-refractivity contribution in [2.24, 2.45) is 0 Å². The molecule has 0 saturated carbocycles. The monoisotopic (exact) mass is 284 g/mol. The molecule has 1 atom stereocenters. The molecule has 1 aliphatic rings. The van der Waals surface area contributed by atoms with Crippen LogP contribution in [0.1, 0.15) is 12.0 Å². The van der Waals surface area contributed by atoms with Crippen LogP contribution in [0.4, 0.5) is 0 Å². The van der Waals surface area contributed by atoms with E-state index in [1.165, 1.54) is 12.0 Å². The molecule has 88 valence electrons. The molecule has 1 aromatic carbocycles. The molecule has 4 heteroatoms. The van der Waals surface area contributed by atoms with Gasteiger partial charge < -0.3 is 15.4 Å². The number of hydrogen-bond acceptors (Lipinski definition) is 3. The van der Waals surface area contributed by atoms with Crippen LogP contribution >= 0.6 is 15.9 Å². The van der Waals surface area contributed by atoms with E-state index in [9.17, 15) is 0 Å². The highest BCUT2D eigenvalue weighted by Gasteiger charge is 2.13. The van der Waals surface area contributed by atoms with Gasteiger partial charge in [0.1, 0.15) is 5.75 Å². The molecule has 0 radical (unpaired) electrons. The van der Waals surface area contributed by atoms with Gasteiger partial charge >= 0.3 is 0 Å². The molecule has 0 bridgehead atoms. The van der Waals surface area contributed by atoms with Gasteiger partial charge in [0.15, 0.2) is 0 Å². The largest absolute Gasteiger partial charge is 0.496 e. The van der Waals surface area contributed by atoms with Crippen LogP contribution in [-0.4, -0.2) is 26.2 Å². The Labute approximate surface area is 105 Å². The Hall–Kier alpha value is -0.580. The molecule has 1 fully saturated rings. The normalized spacial score (nSPS) is 20.0. The third kappa shape index (κ3) is 2.97. The highest BCUT2D eigenvalue weighted by Crippen LogP contribution is 2.25. The van der Waals surface area contributed by atoms with Gasteiger partial charge in [0, 0.05) is 19.1 Å². The predicted molar refractivity (Wildman–Crippen MR) is 68.8 cm³/mol. The van der Waals surface area contributed by atoms with Crippen LogP contribution in [0.25, 0.3) is 0 Å². The van der Waals surface area contributed by atoms with Crippen molar-refractivity contribution in [1.29, 1.82) is 0 Å². The molecule has 0 spiro atoms. The van der Waals surface area contributed by atoms with Gasteiger partial charge in [-0.2, -0.15) is 0 Å². The van der Waals surface area contributed by atoms with Crippen LogP contribution in [0.2, 0.25) is 0 Å². The first-order valence-corrected chi connectivity index (χ1v) is 6.35. The van der Waals surface area contributed by atoms with Gasteiger partial charge in [-0.3, -0.25) is 0 Å². The van der Waals surface area contributed by atoms with Crippen LogP contribution in [0.5, 0.6) is 5.75 Å². The second kappa shape index (κ2) is 5.66. The summed E-state index contributed by atoms with van der Waals surface area (Å²) in [7, 11) is 1.68. The van der Waals surface area contributed by atoms with E-state index in [1.807, 2.05) is 6.07 Å². The summed E-state index contributed by atoms with van der Waals surface area (Å²) in [6.45, 7) is 3.12. The minimum Gasteiger partial charge on any atom is -0.496 e. The maximum atomic E-state index is 5.20. The molecule has 1 heterocycles. The van der Waals surface area contributed by atoms with Crippen molar-refractivity contribution in [2.45, 2.75) is 19.0 Å². The number of hydrogen-bond donors (Lipinski definition) is 2. The van der Waals surface area contributed by atoms with Crippen molar-refractivity contribution in [1.82, 2.24) is 10.6 Å². The average molecular weight is 285 g/mol. The fourth-order valence-corrected chi connectivity index (χ4v) is 2.50. The number of nitrogens with one attached hydrogen (secondary N) is 2. The Bertz CT molecular complexity index is 351. The minimum atomic E-state index is 0.612. The van der Waals surface area contributed by atoms with Crippen LogP contribution in [0, 0.1) is 0 Å². The molecule has 2 rings (SSSR count). The van der Waals surface area contributed by atoms with Crippen LogP contribution < -0.4 is 15.4 Å². The molecule has 0 aromatic heterocycles. The number of benzene rings is 1. The topological polar surface area (TPSA) is 33.3 Å². The van der Waals surface area contributed by atoms with Crippen molar-refractivity contribution >= 4 is 15.9 Å². The Morgan fingerprint density at radius 1 is 1.56 bits per heavy atom. The summed E-state index contributed by atoms with van der Waals surface area (Å²) < 4.78 is 6.21. The lowest BCUT2D eigenvalue weighted by atomic mass is 10.2. The van der Waals surface area contributed by atoms with E-state index < -0.39 is 0 Å². The van der Waals surface area contributed by atoms with Crippen molar-refractivity contribution in [3.8, 4) is 5.75 Å². The van der Waals surface area contributed by atoms with Crippen LogP contribution in [0.3, 0.4) is 0 Å².